The average molecular weight is 338 g/mol. The Balaban J connectivity index is 1.52. The van der Waals surface area contributed by atoms with E-state index in [1.807, 2.05) is 11.9 Å². The van der Waals surface area contributed by atoms with Gasteiger partial charge in [0.1, 0.15) is 0 Å². The van der Waals surface area contributed by atoms with Crippen LogP contribution in [0.25, 0.3) is 0 Å². The topological polar surface area (TPSA) is 35.6 Å². The molecule has 0 aromatic rings. The van der Waals surface area contributed by atoms with Crippen LogP contribution in [0.3, 0.4) is 0 Å². The van der Waals surface area contributed by atoms with Gasteiger partial charge in [0.15, 0.2) is 0 Å². The fourth-order valence-corrected chi connectivity index (χ4v) is 4.61. The first-order valence-electron chi connectivity index (χ1n) is 10.3. The number of likely N-dealkylation sites (tertiary alicyclic amines) is 1. The van der Waals surface area contributed by atoms with E-state index >= 15 is 0 Å². The molecule has 2 aliphatic rings. The molecule has 2 amide bonds. The molecular formula is C20H39N3O. The first-order chi connectivity index (χ1) is 11.5. The molecule has 1 N–H and O–H groups in total. The summed E-state index contributed by atoms with van der Waals surface area (Å²) < 4.78 is 0. The number of amides is 2. The Labute approximate surface area is 149 Å². The molecule has 4 nitrogen and oxygen atoms in total. The van der Waals surface area contributed by atoms with Gasteiger partial charge in [0, 0.05) is 33.2 Å². The largest absolute Gasteiger partial charge is 0.338 e. The summed E-state index contributed by atoms with van der Waals surface area (Å²) in [6.07, 6.45) is 10.3. The van der Waals surface area contributed by atoms with Crippen LogP contribution in [-0.4, -0.2) is 55.6 Å². The number of carbonyl (C=O) groups is 1. The molecule has 0 radical (unpaired) electrons. The third-order valence-corrected chi connectivity index (χ3v) is 5.73. The molecule has 0 spiro atoms. The van der Waals surface area contributed by atoms with Crippen LogP contribution in [-0.2, 0) is 0 Å². The van der Waals surface area contributed by atoms with Gasteiger partial charge in [0.2, 0.25) is 0 Å². The second kappa shape index (κ2) is 10.3. The minimum atomic E-state index is 0.112. The Bertz CT molecular complexity index is 358. The highest BCUT2D eigenvalue weighted by Gasteiger charge is 2.21. The van der Waals surface area contributed by atoms with E-state index in [2.05, 4.69) is 24.1 Å². The molecule has 0 bridgehead atoms. The lowest BCUT2D eigenvalue weighted by Gasteiger charge is -2.35. The van der Waals surface area contributed by atoms with Crippen molar-refractivity contribution in [1.82, 2.24) is 15.1 Å². The number of unbranched alkanes of at least 4 members (excludes halogenated alkanes) is 1. The fourth-order valence-electron chi connectivity index (χ4n) is 4.61. The molecule has 1 heterocycles. The summed E-state index contributed by atoms with van der Waals surface area (Å²) in [5, 5.41) is 3.10. The number of hydrogen-bond acceptors (Lipinski definition) is 2. The quantitative estimate of drug-likeness (QED) is 0.714. The Morgan fingerprint density at radius 2 is 1.75 bits per heavy atom. The lowest BCUT2D eigenvalue weighted by Crippen LogP contribution is -2.41. The molecule has 1 saturated heterocycles. The van der Waals surface area contributed by atoms with Gasteiger partial charge in [-0.25, -0.2) is 4.79 Å². The van der Waals surface area contributed by atoms with E-state index in [0.29, 0.717) is 0 Å². The molecule has 1 aliphatic carbocycles. The predicted octanol–water partition coefficient (Wildman–Crippen LogP) is 3.97. The van der Waals surface area contributed by atoms with Crippen molar-refractivity contribution in [2.24, 2.45) is 17.8 Å². The Morgan fingerprint density at radius 3 is 2.42 bits per heavy atom. The maximum absolute atomic E-state index is 12.2. The van der Waals surface area contributed by atoms with Crippen molar-refractivity contribution >= 4 is 6.03 Å². The molecule has 1 saturated carbocycles. The van der Waals surface area contributed by atoms with E-state index < -0.39 is 0 Å². The molecule has 4 heteroatoms. The third-order valence-electron chi connectivity index (χ3n) is 5.73. The van der Waals surface area contributed by atoms with Crippen molar-refractivity contribution in [3.63, 3.8) is 0 Å². The van der Waals surface area contributed by atoms with Crippen molar-refractivity contribution in [1.29, 1.82) is 0 Å². The van der Waals surface area contributed by atoms with E-state index in [1.54, 1.807) is 0 Å². The molecule has 2 unspecified atom stereocenters. The molecule has 0 aromatic heterocycles. The molecule has 24 heavy (non-hydrogen) atoms. The Kier molecular flexibility index (Phi) is 8.37. The zero-order valence-electron chi connectivity index (χ0n) is 16.2. The molecule has 140 valence electrons. The first-order valence-corrected chi connectivity index (χ1v) is 10.3. The van der Waals surface area contributed by atoms with Crippen LogP contribution in [0.1, 0.15) is 65.2 Å². The van der Waals surface area contributed by atoms with Crippen LogP contribution < -0.4 is 5.32 Å². The second-order valence-electron chi connectivity index (χ2n) is 8.53. The van der Waals surface area contributed by atoms with Crippen molar-refractivity contribution in [2.45, 2.75) is 65.2 Å². The van der Waals surface area contributed by atoms with Gasteiger partial charge in [-0.2, -0.15) is 0 Å². The SMILES string of the molecule is CC1CC(C)CN(CCCCNC(=O)N(C)CC2CCCCC2)C1. The summed E-state index contributed by atoms with van der Waals surface area (Å²) >= 11 is 0. The van der Waals surface area contributed by atoms with E-state index in [4.69, 9.17) is 0 Å². The van der Waals surface area contributed by atoms with Crippen LogP contribution in [0.15, 0.2) is 0 Å². The molecule has 2 atom stereocenters. The molecule has 1 aliphatic heterocycles. The summed E-state index contributed by atoms with van der Waals surface area (Å²) in [7, 11) is 1.94. The molecular weight excluding hydrogens is 298 g/mol. The number of hydrogen-bond donors (Lipinski definition) is 1. The number of urea groups is 1. The number of nitrogens with zero attached hydrogens (tertiary/aromatic N) is 2. The van der Waals surface area contributed by atoms with Crippen LogP contribution in [0.5, 0.6) is 0 Å². The van der Waals surface area contributed by atoms with Crippen molar-refractivity contribution in [2.75, 3.05) is 39.8 Å². The first kappa shape index (κ1) is 19.6. The number of rotatable bonds is 7. The van der Waals surface area contributed by atoms with Crippen molar-refractivity contribution < 1.29 is 4.79 Å². The summed E-state index contributed by atoms with van der Waals surface area (Å²) in [6.45, 7) is 10.2. The Hall–Kier alpha value is -0.770. The van der Waals surface area contributed by atoms with Gasteiger partial charge in [0.25, 0.3) is 0 Å². The smallest absolute Gasteiger partial charge is 0.317 e. The minimum Gasteiger partial charge on any atom is -0.338 e. The number of piperidine rings is 1. The zero-order chi connectivity index (χ0) is 17.4. The van der Waals surface area contributed by atoms with Gasteiger partial charge in [0.05, 0.1) is 0 Å². The van der Waals surface area contributed by atoms with E-state index in [9.17, 15) is 4.79 Å². The van der Waals surface area contributed by atoms with Crippen LogP contribution in [0.4, 0.5) is 4.79 Å². The maximum atomic E-state index is 12.2. The van der Waals surface area contributed by atoms with E-state index in [1.165, 1.54) is 64.6 Å². The second-order valence-corrected chi connectivity index (χ2v) is 8.53. The van der Waals surface area contributed by atoms with Gasteiger partial charge in [-0.05, 0) is 56.4 Å². The summed E-state index contributed by atoms with van der Waals surface area (Å²) in [6, 6.07) is 0.112. The highest BCUT2D eigenvalue weighted by Crippen LogP contribution is 2.24. The highest BCUT2D eigenvalue weighted by atomic mass is 16.2. The summed E-state index contributed by atoms with van der Waals surface area (Å²) in [4.78, 5) is 16.7. The van der Waals surface area contributed by atoms with Crippen LogP contribution in [0, 0.1) is 17.8 Å². The monoisotopic (exact) mass is 337 g/mol. The third kappa shape index (κ3) is 7.00. The lowest BCUT2D eigenvalue weighted by molar-refractivity contribution is 0.139. The normalized spacial score (nSPS) is 26.3. The standard InChI is InChI=1S/C20H39N3O/c1-17-13-18(2)15-23(14-17)12-8-7-11-21-20(24)22(3)16-19-9-5-4-6-10-19/h17-19H,4-16H2,1-3H3,(H,21,24). The molecule has 0 aromatic carbocycles. The van der Waals surface area contributed by atoms with Crippen molar-refractivity contribution in [3.05, 3.63) is 0 Å². The van der Waals surface area contributed by atoms with Crippen LogP contribution >= 0.6 is 0 Å². The number of carbonyl (C=O) groups excluding carboxylic acids is 1. The van der Waals surface area contributed by atoms with Crippen molar-refractivity contribution in [3.8, 4) is 0 Å². The zero-order valence-corrected chi connectivity index (χ0v) is 16.2. The lowest BCUT2D eigenvalue weighted by atomic mass is 9.89. The Morgan fingerprint density at radius 1 is 1.08 bits per heavy atom. The van der Waals surface area contributed by atoms with Gasteiger partial charge in [-0.3, -0.25) is 0 Å². The number of nitrogens with one attached hydrogen (secondary N) is 1. The fraction of sp³-hybridized carbons (Fsp3) is 0.950. The summed E-state index contributed by atoms with van der Waals surface area (Å²) in [5.74, 6) is 2.39. The van der Waals surface area contributed by atoms with Crippen LogP contribution in [0.2, 0.25) is 0 Å². The summed E-state index contributed by atoms with van der Waals surface area (Å²) in [5.41, 5.74) is 0. The van der Waals surface area contributed by atoms with E-state index in [-0.39, 0.29) is 6.03 Å². The molecule has 2 rings (SSSR count). The van der Waals surface area contributed by atoms with E-state index in [0.717, 1.165) is 37.3 Å². The average Bonchev–Trinajstić information content (AvgIpc) is 2.54. The predicted molar refractivity (Wildman–Crippen MR) is 101 cm³/mol. The minimum absolute atomic E-state index is 0.112. The maximum Gasteiger partial charge on any atom is 0.317 e. The molecule has 2 fully saturated rings. The highest BCUT2D eigenvalue weighted by molar-refractivity contribution is 5.73. The van der Waals surface area contributed by atoms with Gasteiger partial charge in [-0.15, -0.1) is 0 Å². The van der Waals surface area contributed by atoms with Gasteiger partial charge < -0.3 is 15.1 Å². The van der Waals surface area contributed by atoms with Gasteiger partial charge >= 0.3 is 6.03 Å². The van der Waals surface area contributed by atoms with Gasteiger partial charge in [-0.1, -0.05) is 33.1 Å².